The molecule has 0 N–H and O–H groups in total. The number of methoxy groups -OCH3 is 1. The topological polar surface area (TPSA) is 60.2 Å². The molecule has 1 aromatic carbocycles. The number of nitrogens with zero attached hydrogens (tertiary/aromatic N) is 4. The molecule has 1 aliphatic heterocycles. The lowest BCUT2D eigenvalue weighted by atomic mass is 10.0. The molecule has 6 nitrogen and oxygen atoms in total. The van der Waals surface area contributed by atoms with Gasteiger partial charge in [0.25, 0.3) is 5.91 Å². The van der Waals surface area contributed by atoms with Crippen LogP contribution in [0.2, 0.25) is 0 Å². The highest BCUT2D eigenvalue weighted by molar-refractivity contribution is 5.95. The van der Waals surface area contributed by atoms with Gasteiger partial charge in [-0.2, -0.15) is 5.10 Å². The summed E-state index contributed by atoms with van der Waals surface area (Å²) in [5.41, 5.74) is 4.52. The van der Waals surface area contributed by atoms with Gasteiger partial charge >= 0.3 is 0 Å². The Morgan fingerprint density at radius 1 is 1.24 bits per heavy atom. The van der Waals surface area contributed by atoms with E-state index in [1.165, 1.54) is 5.69 Å². The molecule has 0 saturated heterocycles. The third-order valence-corrected chi connectivity index (χ3v) is 4.71. The van der Waals surface area contributed by atoms with Crippen LogP contribution in [0.25, 0.3) is 10.9 Å². The van der Waals surface area contributed by atoms with E-state index in [9.17, 15) is 4.79 Å². The van der Waals surface area contributed by atoms with Crippen molar-refractivity contribution in [2.75, 3.05) is 13.7 Å². The molecule has 0 saturated carbocycles. The average Bonchev–Trinajstić information content (AvgIpc) is 2.96. The number of pyridine rings is 1. The van der Waals surface area contributed by atoms with Crippen molar-refractivity contribution in [3.8, 4) is 0 Å². The van der Waals surface area contributed by atoms with Crippen LogP contribution in [0.5, 0.6) is 0 Å². The Balaban J connectivity index is 1.63. The smallest absolute Gasteiger partial charge is 0.272 e. The lowest BCUT2D eigenvalue weighted by Gasteiger charge is -2.27. The number of para-hydroxylation sites is 1. The second-order valence-electron chi connectivity index (χ2n) is 6.29. The van der Waals surface area contributed by atoms with Crippen molar-refractivity contribution in [3.05, 3.63) is 59.0 Å². The van der Waals surface area contributed by atoms with Crippen molar-refractivity contribution in [2.45, 2.75) is 19.6 Å². The first-order valence-corrected chi connectivity index (χ1v) is 8.35. The molecule has 0 unspecified atom stereocenters. The van der Waals surface area contributed by atoms with E-state index in [0.717, 1.165) is 28.6 Å². The van der Waals surface area contributed by atoms with Gasteiger partial charge in [0.05, 0.1) is 17.8 Å². The van der Waals surface area contributed by atoms with Gasteiger partial charge in [-0.3, -0.25) is 9.48 Å². The van der Waals surface area contributed by atoms with Gasteiger partial charge in [-0.15, -0.1) is 0 Å². The molecule has 0 atom stereocenters. The fourth-order valence-corrected chi connectivity index (χ4v) is 3.44. The highest BCUT2D eigenvalue weighted by atomic mass is 16.5. The molecule has 0 radical (unpaired) electrons. The minimum absolute atomic E-state index is 0.0383. The van der Waals surface area contributed by atoms with Crippen LogP contribution in [-0.2, 0) is 31.4 Å². The first-order valence-electron chi connectivity index (χ1n) is 8.35. The van der Waals surface area contributed by atoms with Gasteiger partial charge in [0.2, 0.25) is 0 Å². The van der Waals surface area contributed by atoms with Crippen LogP contribution in [0.3, 0.4) is 0 Å². The second kappa shape index (κ2) is 6.29. The fraction of sp³-hybridized carbons (Fsp3) is 0.316. The number of carbonyl (C=O) groups is 1. The Morgan fingerprint density at radius 2 is 2.08 bits per heavy atom. The molecule has 0 fully saturated rings. The van der Waals surface area contributed by atoms with Crippen molar-refractivity contribution in [2.24, 2.45) is 7.05 Å². The first kappa shape index (κ1) is 15.8. The number of fused-ring (bicyclic) bond motifs is 2. The first-order chi connectivity index (χ1) is 12.2. The summed E-state index contributed by atoms with van der Waals surface area (Å²) in [6, 6.07) is 11.6. The van der Waals surface area contributed by atoms with Gasteiger partial charge in [-0.1, -0.05) is 24.3 Å². The maximum Gasteiger partial charge on any atom is 0.272 e. The number of aryl methyl sites for hydroxylation is 1. The third-order valence-electron chi connectivity index (χ3n) is 4.71. The van der Waals surface area contributed by atoms with Gasteiger partial charge in [0.15, 0.2) is 0 Å². The lowest BCUT2D eigenvalue weighted by Crippen LogP contribution is -2.37. The van der Waals surface area contributed by atoms with Gasteiger partial charge in [0.1, 0.15) is 5.69 Å². The molecule has 6 heteroatoms. The van der Waals surface area contributed by atoms with Gasteiger partial charge < -0.3 is 9.64 Å². The van der Waals surface area contributed by atoms with Crippen LogP contribution in [0.15, 0.2) is 36.4 Å². The summed E-state index contributed by atoms with van der Waals surface area (Å²) in [6.07, 6.45) is 0.794. The van der Waals surface area contributed by atoms with E-state index in [1.807, 2.05) is 47.0 Å². The standard InChI is InChI=1S/C19H20N4O2/c1-22-18-9-10-23(11-14(18)17(21-22)12-25-2)19(24)16-8-7-13-5-3-4-6-15(13)20-16/h3-8H,9-12H2,1-2H3. The zero-order valence-corrected chi connectivity index (χ0v) is 14.4. The molecule has 0 spiro atoms. The van der Waals surface area contributed by atoms with E-state index in [2.05, 4.69) is 10.1 Å². The van der Waals surface area contributed by atoms with Gasteiger partial charge in [0, 0.05) is 50.3 Å². The number of benzene rings is 1. The fourth-order valence-electron chi connectivity index (χ4n) is 3.44. The average molecular weight is 336 g/mol. The Labute approximate surface area is 146 Å². The van der Waals surface area contributed by atoms with Crippen LogP contribution in [0, 0.1) is 0 Å². The van der Waals surface area contributed by atoms with Crippen LogP contribution in [-0.4, -0.2) is 39.2 Å². The van der Waals surface area contributed by atoms with Crippen molar-refractivity contribution in [3.63, 3.8) is 0 Å². The van der Waals surface area contributed by atoms with E-state index in [-0.39, 0.29) is 5.91 Å². The van der Waals surface area contributed by atoms with Crippen LogP contribution in [0.4, 0.5) is 0 Å². The molecule has 0 aliphatic carbocycles. The third kappa shape index (κ3) is 2.78. The largest absolute Gasteiger partial charge is 0.378 e. The molecule has 3 heterocycles. The highest BCUT2D eigenvalue weighted by Gasteiger charge is 2.27. The Bertz CT molecular complexity index is 948. The summed E-state index contributed by atoms with van der Waals surface area (Å²) < 4.78 is 7.15. The van der Waals surface area contributed by atoms with Crippen LogP contribution >= 0.6 is 0 Å². The SMILES string of the molecule is COCc1nn(C)c2c1CN(C(=O)c1ccc3ccccc3n1)CC2. The quantitative estimate of drug-likeness (QED) is 0.736. The normalized spacial score (nSPS) is 13.9. The van der Waals surface area contributed by atoms with E-state index >= 15 is 0 Å². The number of carbonyl (C=O) groups excluding carboxylic acids is 1. The predicted molar refractivity (Wildman–Crippen MR) is 94.1 cm³/mol. The second-order valence-corrected chi connectivity index (χ2v) is 6.29. The molecule has 0 bridgehead atoms. The zero-order chi connectivity index (χ0) is 17.4. The summed E-state index contributed by atoms with van der Waals surface area (Å²) in [4.78, 5) is 19.3. The summed E-state index contributed by atoms with van der Waals surface area (Å²) in [6.45, 7) is 1.68. The maximum atomic E-state index is 12.9. The summed E-state index contributed by atoms with van der Waals surface area (Å²) >= 11 is 0. The van der Waals surface area contributed by atoms with E-state index in [1.54, 1.807) is 13.2 Å². The monoisotopic (exact) mass is 336 g/mol. The molecular formula is C19H20N4O2. The summed E-state index contributed by atoms with van der Waals surface area (Å²) in [7, 11) is 3.60. The van der Waals surface area contributed by atoms with E-state index in [0.29, 0.717) is 25.4 Å². The molecular weight excluding hydrogens is 316 g/mol. The number of amides is 1. The van der Waals surface area contributed by atoms with Crippen molar-refractivity contribution in [1.29, 1.82) is 0 Å². The highest BCUT2D eigenvalue weighted by Crippen LogP contribution is 2.24. The van der Waals surface area contributed by atoms with Gasteiger partial charge in [-0.05, 0) is 12.1 Å². The molecule has 25 heavy (non-hydrogen) atoms. The number of aromatic nitrogens is 3. The van der Waals surface area contributed by atoms with Crippen LogP contribution in [0.1, 0.15) is 27.4 Å². The van der Waals surface area contributed by atoms with Crippen molar-refractivity contribution >= 4 is 16.8 Å². The van der Waals surface area contributed by atoms with E-state index in [4.69, 9.17) is 4.74 Å². The molecule has 128 valence electrons. The Hall–Kier alpha value is -2.73. The molecule has 1 amide bonds. The summed E-state index contributed by atoms with van der Waals surface area (Å²) in [5, 5.41) is 5.56. The molecule has 2 aromatic heterocycles. The zero-order valence-electron chi connectivity index (χ0n) is 14.4. The minimum atomic E-state index is -0.0383. The van der Waals surface area contributed by atoms with Crippen molar-refractivity contribution < 1.29 is 9.53 Å². The van der Waals surface area contributed by atoms with Gasteiger partial charge in [-0.25, -0.2) is 4.98 Å². The van der Waals surface area contributed by atoms with Crippen molar-refractivity contribution in [1.82, 2.24) is 19.7 Å². The number of ether oxygens (including phenoxy) is 1. The van der Waals surface area contributed by atoms with Crippen LogP contribution < -0.4 is 0 Å². The predicted octanol–water partition coefficient (Wildman–Crippen LogP) is 2.31. The van der Waals surface area contributed by atoms with E-state index < -0.39 is 0 Å². The molecule has 1 aliphatic rings. The Kier molecular flexibility index (Phi) is 3.97. The number of hydrogen-bond acceptors (Lipinski definition) is 4. The lowest BCUT2D eigenvalue weighted by molar-refractivity contribution is 0.0726. The summed E-state index contributed by atoms with van der Waals surface area (Å²) in [5.74, 6) is -0.0383. The number of rotatable bonds is 3. The Morgan fingerprint density at radius 3 is 2.92 bits per heavy atom. The maximum absolute atomic E-state index is 12.9. The molecule has 4 rings (SSSR count). The minimum Gasteiger partial charge on any atom is -0.378 e. The number of hydrogen-bond donors (Lipinski definition) is 0. The molecule has 3 aromatic rings.